The summed E-state index contributed by atoms with van der Waals surface area (Å²) in [5.41, 5.74) is -0.275. The van der Waals surface area contributed by atoms with Gasteiger partial charge in [0.1, 0.15) is 0 Å². The fraction of sp³-hybridized carbons (Fsp3) is 0.273. The number of rotatable bonds is 3. The Labute approximate surface area is 96.5 Å². The van der Waals surface area contributed by atoms with E-state index in [1.165, 1.54) is 19.2 Å². The van der Waals surface area contributed by atoms with Crippen molar-refractivity contribution in [2.24, 2.45) is 5.10 Å². The van der Waals surface area contributed by atoms with Gasteiger partial charge in [-0.15, -0.1) is 4.68 Å². The molecule has 6 heteroatoms. The van der Waals surface area contributed by atoms with E-state index in [4.69, 9.17) is 0 Å². The minimum absolute atomic E-state index is 0.202. The Morgan fingerprint density at radius 3 is 2.29 bits per heavy atom. The lowest BCUT2D eigenvalue weighted by atomic mass is 10.1. The second-order valence-corrected chi connectivity index (χ2v) is 3.45. The molecule has 0 saturated carbocycles. The molecular weight excluding hydrogens is 233 g/mol. The van der Waals surface area contributed by atoms with Gasteiger partial charge < -0.3 is 5.11 Å². The van der Waals surface area contributed by atoms with Crippen molar-refractivity contribution >= 4 is 12.4 Å². The molecule has 17 heavy (non-hydrogen) atoms. The van der Waals surface area contributed by atoms with Gasteiger partial charge in [0.25, 0.3) is 0 Å². The second kappa shape index (κ2) is 5.09. The van der Waals surface area contributed by atoms with Crippen LogP contribution in [0.15, 0.2) is 35.4 Å². The Hall–Kier alpha value is -1.69. The topological polar surface area (TPSA) is 35.6 Å². The standard InChI is InChI=1S/C11H12F3N2O/c1-16(2)15-9(10(17)11(12,13)14)8-6-4-3-5-7-8/h3-7,10,17H,1H2,2H3/q+1/b15-9+. The van der Waals surface area contributed by atoms with Crippen molar-refractivity contribution in [2.75, 3.05) is 7.05 Å². The molecule has 0 aromatic heterocycles. The number of hydrazone groups is 1. The number of benzene rings is 1. The summed E-state index contributed by atoms with van der Waals surface area (Å²) in [7, 11) is 1.38. The zero-order valence-electron chi connectivity index (χ0n) is 9.15. The summed E-state index contributed by atoms with van der Waals surface area (Å²) in [4.78, 5) is 0. The largest absolute Gasteiger partial charge is 0.420 e. The van der Waals surface area contributed by atoms with Crippen LogP contribution in [0.1, 0.15) is 5.56 Å². The molecule has 0 radical (unpaired) electrons. The van der Waals surface area contributed by atoms with Gasteiger partial charge in [-0.1, -0.05) is 30.3 Å². The molecule has 92 valence electrons. The van der Waals surface area contributed by atoms with E-state index in [1.807, 2.05) is 0 Å². The van der Waals surface area contributed by atoms with E-state index in [0.717, 1.165) is 4.68 Å². The summed E-state index contributed by atoms with van der Waals surface area (Å²) in [6.45, 7) is 3.34. The van der Waals surface area contributed by atoms with Crippen LogP contribution in [0.4, 0.5) is 13.2 Å². The molecule has 1 aromatic rings. The van der Waals surface area contributed by atoms with Crippen LogP contribution in [0.3, 0.4) is 0 Å². The van der Waals surface area contributed by atoms with Gasteiger partial charge in [0.2, 0.25) is 0 Å². The van der Waals surface area contributed by atoms with Crippen molar-refractivity contribution in [3.63, 3.8) is 0 Å². The maximum atomic E-state index is 12.5. The number of hydrogen-bond acceptors (Lipinski definition) is 2. The fourth-order valence-electron chi connectivity index (χ4n) is 1.22. The highest BCUT2D eigenvalue weighted by Gasteiger charge is 2.43. The molecule has 0 aliphatic carbocycles. The average molecular weight is 245 g/mol. The lowest BCUT2D eigenvalue weighted by Crippen LogP contribution is -2.37. The van der Waals surface area contributed by atoms with E-state index < -0.39 is 18.0 Å². The minimum Gasteiger partial charge on any atom is -0.378 e. The minimum atomic E-state index is -4.76. The van der Waals surface area contributed by atoms with Crippen molar-refractivity contribution in [1.82, 2.24) is 0 Å². The second-order valence-electron chi connectivity index (χ2n) is 3.45. The van der Waals surface area contributed by atoms with Gasteiger partial charge in [-0.05, 0) is 5.10 Å². The van der Waals surface area contributed by atoms with Crippen LogP contribution < -0.4 is 0 Å². The highest BCUT2D eigenvalue weighted by atomic mass is 19.4. The first kappa shape index (κ1) is 13.4. The van der Waals surface area contributed by atoms with E-state index in [-0.39, 0.29) is 5.56 Å². The number of aliphatic hydroxyl groups is 1. The lowest BCUT2D eigenvalue weighted by Gasteiger charge is -2.15. The van der Waals surface area contributed by atoms with Gasteiger partial charge in [0, 0.05) is 5.56 Å². The predicted molar refractivity (Wildman–Crippen MR) is 58.3 cm³/mol. The maximum absolute atomic E-state index is 12.5. The van der Waals surface area contributed by atoms with E-state index in [1.54, 1.807) is 18.2 Å². The van der Waals surface area contributed by atoms with Crippen LogP contribution in [-0.4, -0.2) is 41.5 Å². The van der Waals surface area contributed by atoms with Crippen LogP contribution in [0.25, 0.3) is 0 Å². The van der Waals surface area contributed by atoms with Crippen molar-refractivity contribution in [1.29, 1.82) is 0 Å². The van der Waals surface area contributed by atoms with Crippen molar-refractivity contribution in [3.05, 3.63) is 35.9 Å². The molecule has 0 heterocycles. The number of halogens is 3. The predicted octanol–water partition coefficient (Wildman–Crippen LogP) is 1.66. The third-order valence-electron chi connectivity index (χ3n) is 1.92. The molecule has 1 unspecified atom stereocenters. The summed E-state index contributed by atoms with van der Waals surface area (Å²) in [5, 5.41) is 12.8. The van der Waals surface area contributed by atoms with Crippen LogP contribution >= 0.6 is 0 Å². The molecule has 0 saturated heterocycles. The van der Waals surface area contributed by atoms with E-state index in [2.05, 4.69) is 11.8 Å². The third-order valence-corrected chi connectivity index (χ3v) is 1.92. The summed E-state index contributed by atoms with van der Waals surface area (Å²) in [6, 6.07) is 7.68. The van der Waals surface area contributed by atoms with Gasteiger partial charge >= 0.3 is 6.18 Å². The molecule has 0 aliphatic rings. The lowest BCUT2D eigenvalue weighted by molar-refractivity contribution is -0.493. The van der Waals surface area contributed by atoms with Crippen molar-refractivity contribution in [2.45, 2.75) is 12.3 Å². The molecule has 0 amide bonds. The van der Waals surface area contributed by atoms with Crippen molar-refractivity contribution in [3.8, 4) is 0 Å². The van der Waals surface area contributed by atoms with Gasteiger partial charge in [0.15, 0.2) is 25.6 Å². The highest BCUT2D eigenvalue weighted by Crippen LogP contribution is 2.23. The molecule has 0 aliphatic heterocycles. The number of hydrogen-bond donors (Lipinski definition) is 1. The zero-order chi connectivity index (χ0) is 13.1. The monoisotopic (exact) mass is 245 g/mol. The quantitative estimate of drug-likeness (QED) is 0.490. The normalized spacial score (nSPS) is 14.5. The smallest absolute Gasteiger partial charge is 0.378 e. The Balaban J connectivity index is 3.20. The molecule has 0 spiro atoms. The van der Waals surface area contributed by atoms with Gasteiger partial charge in [0.05, 0.1) is 0 Å². The molecular formula is C11H12F3N2O+. The fourth-order valence-corrected chi connectivity index (χ4v) is 1.22. The molecule has 1 rings (SSSR count). The first-order valence-corrected chi connectivity index (χ1v) is 4.75. The van der Waals surface area contributed by atoms with Crippen LogP contribution in [0.5, 0.6) is 0 Å². The van der Waals surface area contributed by atoms with Gasteiger partial charge in [-0.3, -0.25) is 0 Å². The first-order valence-electron chi connectivity index (χ1n) is 4.75. The van der Waals surface area contributed by atoms with E-state index in [0.29, 0.717) is 0 Å². The Morgan fingerprint density at radius 2 is 1.88 bits per heavy atom. The van der Waals surface area contributed by atoms with Gasteiger partial charge in [-0.2, -0.15) is 13.2 Å². The summed E-state index contributed by atoms with van der Waals surface area (Å²) >= 11 is 0. The summed E-state index contributed by atoms with van der Waals surface area (Å²) < 4.78 is 38.4. The molecule has 1 aromatic carbocycles. The number of nitrogens with zero attached hydrogens (tertiary/aromatic N) is 2. The summed E-state index contributed by atoms with van der Waals surface area (Å²) in [6.07, 6.45) is -7.39. The summed E-state index contributed by atoms with van der Waals surface area (Å²) in [5.74, 6) is 0. The number of aliphatic hydroxyl groups excluding tert-OH is 1. The third kappa shape index (κ3) is 3.67. The molecule has 1 atom stereocenters. The highest BCUT2D eigenvalue weighted by molar-refractivity contribution is 6.03. The average Bonchev–Trinajstić information content (AvgIpc) is 2.24. The first-order chi connectivity index (χ1) is 7.82. The molecule has 0 fully saturated rings. The molecule has 1 N–H and O–H groups in total. The molecule has 0 bridgehead atoms. The Kier molecular flexibility index (Phi) is 4.01. The van der Waals surface area contributed by atoms with E-state index in [9.17, 15) is 18.3 Å². The van der Waals surface area contributed by atoms with E-state index >= 15 is 0 Å². The van der Waals surface area contributed by atoms with Crippen molar-refractivity contribution < 1.29 is 23.0 Å². The van der Waals surface area contributed by atoms with Crippen LogP contribution in [0, 0.1) is 0 Å². The Morgan fingerprint density at radius 1 is 1.35 bits per heavy atom. The number of alkyl halides is 3. The Bertz CT molecular complexity index is 426. The zero-order valence-corrected chi connectivity index (χ0v) is 9.15. The SMILES string of the molecule is C=[N+](C)/N=C(\c1ccccc1)C(O)C(F)(F)F. The van der Waals surface area contributed by atoms with Crippen LogP contribution in [0.2, 0.25) is 0 Å². The van der Waals surface area contributed by atoms with Gasteiger partial charge in [-0.25, -0.2) is 0 Å². The maximum Gasteiger partial charge on any atom is 0.420 e. The molecule has 3 nitrogen and oxygen atoms in total. The van der Waals surface area contributed by atoms with Crippen LogP contribution in [-0.2, 0) is 0 Å².